The smallest absolute Gasteiger partial charge is 0.0557 e. The first kappa shape index (κ1) is 6.54. The normalized spacial score (nSPS) is 7.00. The van der Waals surface area contributed by atoms with Gasteiger partial charge in [-0.25, -0.2) is 0 Å². The Bertz CT molecular complexity index is 111. The van der Waals surface area contributed by atoms with Crippen molar-refractivity contribution in [2.45, 2.75) is 6.92 Å². The molecule has 0 heterocycles. The molecule has 0 aromatic heterocycles. The monoisotopic (exact) mass is 113 g/mol. The average molecular weight is 113 g/mol. The van der Waals surface area contributed by atoms with E-state index >= 15 is 0 Å². The molecule has 7 heavy (non-hydrogen) atoms. The van der Waals surface area contributed by atoms with E-state index in [1.807, 2.05) is 6.92 Å². The van der Waals surface area contributed by atoms with Crippen molar-refractivity contribution >= 4 is 17.3 Å². The lowest BCUT2D eigenvalue weighted by atomic mass is 10.7. The molecule has 38 valence electrons. The second-order valence-electron chi connectivity index (χ2n) is 0.969. The van der Waals surface area contributed by atoms with Gasteiger partial charge in [0.05, 0.1) is 5.55 Å². The van der Waals surface area contributed by atoms with Gasteiger partial charge < -0.3 is 5.41 Å². The van der Waals surface area contributed by atoms with Gasteiger partial charge in [-0.05, 0) is 6.92 Å². The molecule has 0 amide bonds. The molecule has 0 radical (unpaired) electrons. The Balaban J connectivity index is 3.58. The summed E-state index contributed by atoms with van der Waals surface area (Å²) in [5.41, 5.74) is 3.90. The molecule has 1 N–H and O–H groups in total. The summed E-state index contributed by atoms with van der Waals surface area (Å²) in [5, 5.41) is 6.59. The lowest BCUT2D eigenvalue weighted by Crippen LogP contribution is -1.58. The molecule has 0 saturated heterocycles. The van der Waals surface area contributed by atoms with E-state index in [2.05, 4.69) is 12.3 Å². The van der Waals surface area contributed by atoms with Crippen molar-refractivity contribution in [2.75, 3.05) is 0 Å². The lowest BCUT2D eigenvalue weighted by molar-refractivity contribution is 1.60. The van der Waals surface area contributed by atoms with E-state index in [4.69, 9.17) is 5.41 Å². The third-order valence-corrected chi connectivity index (χ3v) is 1.10. The molecule has 0 aromatic rings. The summed E-state index contributed by atoms with van der Waals surface area (Å²) in [4.78, 5) is 0.940. The van der Waals surface area contributed by atoms with Gasteiger partial charge in [-0.3, -0.25) is 0 Å². The number of hydrogen-bond acceptors (Lipinski definition) is 2. The summed E-state index contributed by atoms with van der Waals surface area (Å²) in [7, 11) is 0. The van der Waals surface area contributed by atoms with Gasteiger partial charge in [0.25, 0.3) is 0 Å². The fourth-order valence-corrected chi connectivity index (χ4v) is 0.390. The summed E-state index contributed by atoms with van der Waals surface area (Å²) >= 11 is 1.32. The van der Waals surface area contributed by atoms with Gasteiger partial charge in [-0.2, -0.15) is 0 Å². The fraction of sp³-hybridized carbons (Fsp3) is 0.200. The number of allylic oxidation sites excluding steroid dienone is 1. The summed E-state index contributed by atoms with van der Waals surface area (Å²) in [6.45, 7) is 5.26. The van der Waals surface area contributed by atoms with Crippen LogP contribution >= 0.6 is 11.8 Å². The van der Waals surface area contributed by atoms with Crippen LogP contribution in [0.15, 0.2) is 17.2 Å². The maximum Gasteiger partial charge on any atom is 0.0557 e. The van der Waals surface area contributed by atoms with Crippen molar-refractivity contribution in [3.63, 3.8) is 0 Å². The molecular formula is C5H7NS. The Morgan fingerprint density at radius 1 is 2.00 bits per heavy atom. The third-order valence-electron chi connectivity index (χ3n) is 0.485. The molecule has 0 aromatic carbocycles. The van der Waals surface area contributed by atoms with E-state index in [1.54, 1.807) is 0 Å². The Labute approximate surface area is 47.6 Å². The highest BCUT2D eigenvalue weighted by atomic mass is 32.2. The minimum Gasteiger partial charge on any atom is -0.302 e. The van der Waals surface area contributed by atoms with Crippen LogP contribution in [-0.2, 0) is 0 Å². The zero-order valence-corrected chi connectivity index (χ0v) is 5.01. The van der Waals surface area contributed by atoms with Gasteiger partial charge in [-0.15, -0.1) is 5.73 Å². The fourth-order valence-electron chi connectivity index (χ4n) is 0.130. The number of nitrogens with one attached hydrogen (secondary N) is 1. The maximum absolute atomic E-state index is 6.59. The third kappa shape index (κ3) is 3.37. The minimum absolute atomic E-state index is 0.940. The van der Waals surface area contributed by atoms with Crippen LogP contribution < -0.4 is 0 Å². The molecule has 0 saturated carbocycles. The number of hydrogen-bond donors (Lipinski definition) is 1. The zero-order chi connectivity index (χ0) is 5.70. The van der Waals surface area contributed by atoms with E-state index in [0.29, 0.717) is 0 Å². The molecule has 0 bridgehead atoms. The molecule has 0 aliphatic rings. The zero-order valence-electron chi connectivity index (χ0n) is 4.19. The highest BCUT2D eigenvalue weighted by molar-refractivity contribution is 8.15. The van der Waals surface area contributed by atoms with Crippen LogP contribution in [0.4, 0.5) is 0 Å². The van der Waals surface area contributed by atoms with Crippen molar-refractivity contribution in [3.8, 4) is 0 Å². The summed E-state index contributed by atoms with van der Waals surface area (Å²) in [5.74, 6) is 0. The summed E-state index contributed by atoms with van der Waals surface area (Å²) < 4.78 is 0. The van der Waals surface area contributed by atoms with Crippen molar-refractivity contribution in [1.29, 1.82) is 5.41 Å². The van der Waals surface area contributed by atoms with Gasteiger partial charge in [0.2, 0.25) is 0 Å². The maximum atomic E-state index is 6.59. The van der Waals surface area contributed by atoms with Crippen molar-refractivity contribution in [1.82, 2.24) is 0 Å². The molecule has 0 unspecified atom stereocenters. The largest absolute Gasteiger partial charge is 0.302 e. The minimum atomic E-state index is 0.940. The average Bonchev–Trinajstić information content (AvgIpc) is 1.68. The van der Waals surface area contributed by atoms with E-state index in [-0.39, 0.29) is 0 Å². The first-order valence-corrected chi connectivity index (χ1v) is 2.71. The van der Waals surface area contributed by atoms with Crippen LogP contribution in [0.1, 0.15) is 6.92 Å². The van der Waals surface area contributed by atoms with Crippen LogP contribution in [0.3, 0.4) is 0 Å². The van der Waals surface area contributed by atoms with Gasteiger partial charge in [0.1, 0.15) is 0 Å². The molecule has 0 aliphatic heterocycles. The Hall–Kier alpha value is -0.460. The van der Waals surface area contributed by atoms with Crippen LogP contribution in [0.25, 0.3) is 0 Å². The Kier molecular flexibility index (Phi) is 3.48. The van der Waals surface area contributed by atoms with Crippen LogP contribution in [-0.4, -0.2) is 5.55 Å². The van der Waals surface area contributed by atoms with Gasteiger partial charge >= 0.3 is 0 Å². The highest BCUT2D eigenvalue weighted by Crippen LogP contribution is 2.06. The number of rotatable bonds is 2. The second-order valence-corrected chi connectivity index (χ2v) is 2.05. The topological polar surface area (TPSA) is 23.9 Å². The second kappa shape index (κ2) is 3.72. The molecule has 0 rings (SSSR count). The predicted molar refractivity (Wildman–Crippen MR) is 34.7 cm³/mol. The van der Waals surface area contributed by atoms with E-state index in [9.17, 15) is 0 Å². The SMILES string of the molecule is C=C=C(C)SC=N. The first-order chi connectivity index (χ1) is 3.31. The standard InChI is InChI=1S/C5H7NS/c1-3-5(2)7-4-6/h4,6H,1H2,2H3. The van der Waals surface area contributed by atoms with Crippen LogP contribution in [0, 0.1) is 5.41 Å². The molecule has 0 atom stereocenters. The lowest BCUT2D eigenvalue weighted by Gasteiger charge is -1.81. The molecular weight excluding hydrogens is 106 g/mol. The van der Waals surface area contributed by atoms with E-state index in [0.717, 1.165) is 4.91 Å². The molecule has 0 fully saturated rings. The summed E-state index contributed by atoms with van der Waals surface area (Å²) in [6, 6.07) is 0. The number of thioether (sulfide) groups is 1. The van der Waals surface area contributed by atoms with Gasteiger partial charge in [0.15, 0.2) is 0 Å². The quantitative estimate of drug-likeness (QED) is 0.330. The Morgan fingerprint density at radius 2 is 2.57 bits per heavy atom. The van der Waals surface area contributed by atoms with Crippen molar-refractivity contribution in [2.24, 2.45) is 0 Å². The van der Waals surface area contributed by atoms with Crippen LogP contribution in [0.2, 0.25) is 0 Å². The molecule has 2 heteroatoms. The van der Waals surface area contributed by atoms with Gasteiger partial charge in [0, 0.05) is 4.91 Å². The predicted octanol–water partition coefficient (Wildman–Crippen LogP) is 2.02. The van der Waals surface area contributed by atoms with E-state index < -0.39 is 0 Å². The summed E-state index contributed by atoms with van der Waals surface area (Å²) in [6.07, 6.45) is 0. The highest BCUT2D eigenvalue weighted by Gasteiger charge is 1.77. The van der Waals surface area contributed by atoms with E-state index in [1.165, 1.54) is 17.3 Å². The van der Waals surface area contributed by atoms with Gasteiger partial charge in [-0.1, -0.05) is 18.3 Å². The molecule has 1 nitrogen and oxygen atoms in total. The first-order valence-electron chi connectivity index (χ1n) is 1.83. The van der Waals surface area contributed by atoms with Crippen LogP contribution in [0.5, 0.6) is 0 Å². The van der Waals surface area contributed by atoms with Crippen molar-refractivity contribution < 1.29 is 0 Å². The molecule has 0 aliphatic carbocycles. The Morgan fingerprint density at radius 3 is 2.71 bits per heavy atom. The molecule has 0 spiro atoms. The van der Waals surface area contributed by atoms with Crippen molar-refractivity contribution in [3.05, 3.63) is 17.2 Å².